The number of aromatic nitrogens is 1. The van der Waals surface area contributed by atoms with Crippen LogP contribution in [0.3, 0.4) is 0 Å². The first-order chi connectivity index (χ1) is 7.67. The zero-order valence-electron chi connectivity index (χ0n) is 10.7. The summed E-state index contributed by atoms with van der Waals surface area (Å²) in [5.41, 5.74) is 1.21. The molecule has 0 fully saturated rings. The SMILES string of the molecule is CCC(CC)(CNc1ncccc1C)SC. The van der Waals surface area contributed by atoms with Gasteiger partial charge in [-0.05, 0) is 37.7 Å². The van der Waals surface area contributed by atoms with Gasteiger partial charge >= 0.3 is 0 Å². The third-order valence-corrected chi connectivity index (χ3v) is 4.90. The number of aryl methyl sites for hydroxylation is 1. The summed E-state index contributed by atoms with van der Waals surface area (Å²) >= 11 is 1.95. The van der Waals surface area contributed by atoms with E-state index in [1.54, 1.807) is 0 Å². The van der Waals surface area contributed by atoms with Gasteiger partial charge in [-0.3, -0.25) is 0 Å². The van der Waals surface area contributed by atoms with Crippen molar-refractivity contribution in [3.63, 3.8) is 0 Å². The number of rotatable bonds is 6. The lowest BCUT2D eigenvalue weighted by molar-refractivity contribution is 0.574. The second kappa shape index (κ2) is 6.14. The zero-order valence-corrected chi connectivity index (χ0v) is 11.5. The van der Waals surface area contributed by atoms with E-state index in [9.17, 15) is 0 Å². The molecule has 16 heavy (non-hydrogen) atoms. The molecule has 1 aromatic rings. The Morgan fingerprint density at radius 3 is 2.56 bits per heavy atom. The van der Waals surface area contributed by atoms with Crippen molar-refractivity contribution in [2.75, 3.05) is 18.1 Å². The quantitative estimate of drug-likeness (QED) is 0.817. The molecule has 3 heteroatoms. The van der Waals surface area contributed by atoms with Crippen molar-refractivity contribution in [3.05, 3.63) is 23.9 Å². The molecule has 90 valence electrons. The monoisotopic (exact) mass is 238 g/mol. The number of nitrogens with one attached hydrogen (secondary N) is 1. The normalized spacial score (nSPS) is 11.5. The van der Waals surface area contributed by atoms with E-state index in [0.29, 0.717) is 4.75 Å². The molecule has 0 aliphatic carbocycles. The van der Waals surface area contributed by atoms with Crippen molar-refractivity contribution < 1.29 is 0 Å². The molecule has 1 rings (SSSR count). The number of thioether (sulfide) groups is 1. The highest BCUT2D eigenvalue weighted by Crippen LogP contribution is 2.30. The molecular formula is C13H22N2S. The predicted octanol–water partition coefficient (Wildman–Crippen LogP) is 3.72. The average molecular weight is 238 g/mol. The molecule has 0 aromatic carbocycles. The van der Waals surface area contributed by atoms with Gasteiger partial charge in [0.15, 0.2) is 0 Å². The minimum absolute atomic E-state index is 0.337. The van der Waals surface area contributed by atoms with Gasteiger partial charge in [-0.1, -0.05) is 19.9 Å². The van der Waals surface area contributed by atoms with Crippen LogP contribution < -0.4 is 5.32 Å². The maximum Gasteiger partial charge on any atom is 0.128 e. The molecule has 0 aliphatic rings. The largest absolute Gasteiger partial charge is 0.368 e. The van der Waals surface area contributed by atoms with Crippen LogP contribution in [0.4, 0.5) is 5.82 Å². The van der Waals surface area contributed by atoms with E-state index in [1.807, 2.05) is 24.0 Å². The minimum atomic E-state index is 0.337. The van der Waals surface area contributed by atoms with Crippen molar-refractivity contribution in [2.24, 2.45) is 0 Å². The molecular weight excluding hydrogens is 216 g/mol. The Labute approximate surface area is 103 Å². The van der Waals surface area contributed by atoms with Crippen molar-refractivity contribution in [1.29, 1.82) is 0 Å². The Kier molecular flexibility index (Phi) is 5.13. The van der Waals surface area contributed by atoms with Crippen LogP contribution in [0.15, 0.2) is 18.3 Å². The first kappa shape index (κ1) is 13.4. The molecule has 1 N–H and O–H groups in total. The Hall–Kier alpha value is -0.700. The maximum absolute atomic E-state index is 4.36. The summed E-state index contributed by atoms with van der Waals surface area (Å²) in [6.45, 7) is 7.59. The molecule has 0 spiro atoms. The van der Waals surface area contributed by atoms with Crippen LogP contribution in [0.2, 0.25) is 0 Å². The first-order valence-corrected chi connectivity index (χ1v) is 7.10. The molecule has 0 saturated carbocycles. The smallest absolute Gasteiger partial charge is 0.128 e. The third kappa shape index (κ3) is 3.14. The summed E-state index contributed by atoms with van der Waals surface area (Å²) in [7, 11) is 0. The minimum Gasteiger partial charge on any atom is -0.368 e. The fourth-order valence-electron chi connectivity index (χ4n) is 1.78. The van der Waals surface area contributed by atoms with Gasteiger partial charge in [-0.2, -0.15) is 11.8 Å². The van der Waals surface area contributed by atoms with Crippen LogP contribution in [-0.4, -0.2) is 22.5 Å². The first-order valence-electron chi connectivity index (χ1n) is 5.88. The molecule has 2 nitrogen and oxygen atoms in total. The van der Waals surface area contributed by atoms with Crippen LogP contribution in [0.25, 0.3) is 0 Å². The number of anilines is 1. The zero-order chi connectivity index (χ0) is 12.0. The Balaban J connectivity index is 2.66. The van der Waals surface area contributed by atoms with E-state index >= 15 is 0 Å². The second-order valence-corrected chi connectivity index (χ2v) is 5.39. The van der Waals surface area contributed by atoms with Gasteiger partial charge in [0.2, 0.25) is 0 Å². The highest BCUT2D eigenvalue weighted by Gasteiger charge is 2.24. The molecule has 0 amide bonds. The van der Waals surface area contributed by atoms with Gasteiger partial charge in [0.1, 0.15) is 5.82 Å². The molecule has 0 unspecified atom stereocenters. The van der Waals surface area contributed by atoms with Crippen LogP contribution in [0.5, 0.6) is 0 Å². The third-order valence-electron chi connectivity index (χ3n) is 3.31. The van der Waals surface area contributed by atoms with Crippen LogP contribution in [0, 0.1) is 6.92 Å². The van der Waals surface area contributed by atoms with E-state index in [-0.39, 0.29) is 0 Å². The van der Waals surface area contributed by atoms with Crippen LogP contribution in [-0.2, 0) is 0 Å². The van der Waals surface area contributed by atoms with E-state index < -0.39 is 0 Å². The van der Waals surface area contributed by atoms with Gasteiger partial charge < -0.3 is 5.32 Å². The van der Waals surface area contributed by atoms with E-state index in [1.165, 1.54) is 18.4 Å². The molecule has 1 aromatic heterocycles. The molecule has 0 atom stereocenters. The van der Waals surface area contributed by atoms with Crippen molar-refractivity contribution in [1.82, 2.24) is 4.98 Å². The van der Waals surface area contributed by atoms with Gasteiger partial charge in [0.05, 0.1) is 0 Å². The maximum atomic E-state index is 4.36. The van der Waals surface area contributed by atoms with Crippen molar-refractivity contribution in [3.8, 4) is 0 Å². The summed E-state index contributed by atoms with van der Waals surface area (Å²) in [5, 5.41) is 3.47. The predicted molar refractivity (Wildman–Crippen MR) is 74.3 cm³/mol. The summed E-state index contributed by atoms with van der Waals surface area (Å²) < 4.78 is 0.337. The standard InChI is InChI=1S/C13H22N2S/c1-5-13(6-2,16-4)10-15-12-11(3)8-7-9-14-12/h7-9H,5-6,10H2,1-4H3,(H,14,15). The number of hydrogen-bond donors (Lipinski definition) is 1. The summed E-state index contributed by atoms with van der Waals surface area (Å²) in [6.07, 6.45) is 6.40. The fraction of sp³-hybridized carbons (Fsp3) is 0.615. The van der Waals surface area contributed by atoms with E-state index in [2.05, 4.69) is 43.4 Å². The Bertz CT molecular complexity index is 313. The second-order valence-electron chi connectivity index (χ2n) is 4.12. The molecule has 0 bridgehead atoms. The topological polar surface area (TPSA) is 24.9 Å². The average Bonchev–Trinajstić information content (AvgIpc) is 2.34. The number of hydrogen-bond acceptors (Lipinski definition) is 3. The molecule has 0 saturated heterocycles. The molecule has 1 heterocycles. The lowest BCUT2D eigenvalue weighted by Gasteiger charge is -2.30. The van der Waals surface area contributed by atoms with Crippen molar-refractivity contribution in [2.45, 2.75) is 38.4 Å². The van der Waals surface area contributed by atoms with Gasteiger partial charge in [0, 0.05) is 17.5 Å². The van der Waals surface area contributed by atoms with Crippen molar-refractivity contribution >= 4 is 17.6 Å². The Morgan fingerprint density at radius 2 is 2.06 bits per heavy atom. The van der Waals surface area contributed by atoms with Gasteiger partial charge in [0.25, 0.3) is 0 Å². The highest BCUT2D eigenvalue weighted by molar-refractivity contribution is 8.00. The van der Waals surface area contributed by atoms with Crippen LogP contribution >= 0.6 is 11.8 Å². The number of nitrogens with zero attached hydrogens (tertiary/aromatic N) is 1. The van der Waals surface area contributed by atoms with E-state index in [0.717, 1.165) is 12.4 Å². The van der Waals surface area contributed by atoms with Gasteiger partial charge in [-0.15, -0.1) is 0 Å². The summed E-state index contributed by atoms with van der Waals surface area (Å²) in [6, 6.07) is 4.07. The molecule has 0 aliphatic heterocycles. The fourth-order valence-corrected chi connectivity index (χ4v) is 2.57. The number of pyridine rings is 1. The molecule has 0 radical (unpaired) electrons. The highest BCUT2D eigenvalue weighted by atomic mass is 32.2. The Morgan fingerprint density at radius 1 is 1.38 bits per heavy atom. The van der Waals surface area contributed by atoms with Crippen LogP contribution in [0.1, 0.15) is 32.3 Å². The lowest BCUT2D eigenvalue weighted by Crippen LogP contribution is -2.32. The lowest BCUT2D eigenvalue weighted by atomic mass is 10.0. The summed E-state index contributed by atoms with van der Waals surface area (Å²) in [5.74, 6) is 1.02. The van der Waals surface area contributed by atoms with E-state index in [4.69, 9.17) is 0 Å². The van der Waals surface area contributed by atoms with Gasteiger partial charge in [-0.25, -0.2) is 4.98 Å². The summed E-state index contributed by atoms with van der Waals surface area (Å²) in [4.78, 5) is 4.36.